The summed E-state index contributed by atoms with van der Waals surface area (Å²) in [6, 6.07) is 0. The van der Waals surface area contributed by atoms with Crippen LogP contribution in [-0.2, 0) is 38.1 Å². The van der Waals surface area contributed by atoms with Crippen LogP contribution < -0.4 is 0 Å². The Balaban J connectivity index is 1.78. The van der Waals surface area contributed by atoms with Gasteiger partial charge in [0.25, 0.3) is 0 Å². The zero-order valence-corrected chi connectivity index (χ0v) is 37.8. The van der Waals surface area contributed by atoms with Gasteiger partial charge in [0.05, 0.1) is 13.2 Å². The maximum absolute atomic E-state index is 13.3. The molecular weight excluding hydrogens is 717 g/mol. The molecule has 3 fully saturated rings. The molecule has 3 heterocycles. The Hall–Kier alpha value is -1.93. The minimum Gasteiger partial charge on any atom is -0.465 e. The molecule has 2 bridgehead atoms. The summed E-state index contributed by atoms with van der Waals surface area (Å²) < 4.78 is 29.8. The standard InChI is InChI=1S/C49H86O8/c1-8-13-23-42-24-18-28-46(51)54-36-48(7)31-32-55-49(37-56-49)30-20-26-43(33-40(11-4)41(12-5)34-44(42)25-19-29-47(52)57-48)38(6)22-16-14-15-17-27-45(50)53-35-39(10-3)21-9-2/h14,16,38-44H,8-13,15,17-37H2,1-7H3. The lowest BCUT2D eigenvalue weighted by molar-refractivity contribution is -0.175. The van der Waals surface area contributed by atoms with Crippen molar-refractivity contribution in [2.75, 3.05) is 26.4 Å². The Bertz CT molecular complexity index is 1160. The van der Waals surface area contributed by atoms with Crippen molar-refractivity contribution in [3.8, 4) is 0 Å². The summed E-state index contributed by atoms with van der Waals surface area (Å²) in [6.07, 6.45) is 27.5. The zero-order chi connectivity index (χ0) is 41.5. The zero-order valence-electron chi connectivity index (χ0n) is 37.8. The number of esters is 3. The van der Waals surface area contributed by atoms with E-state index < -0.39 is 11.4 Å². The molecule has 0 aromatic carbocycles. The molecule has 0 aliphatic carbocycles. The predicted molar refractivity (Wildman–Crippen MR) is 229 cm³/mol. The first-order chi connectivity index (χ1) is 27.5. The second-order valence-corrected chi connectivity index (χ2v) is 18.6. The average Bonchev–Trinajstić information content (AvgIpc) is 3.96. The summed E-state index contributed by atoms with van der Waals surface area (Å²) in [5.41, 5.74) is -0.940. The number of carbonyl (C=O) groups excluding carboxylic acids is 3. The molecule has 8 heteroatoms. The lowest BCUT2D eigenvalue weighted by atomic mass is 9.69. The number of cyclic esters (lactones) is 1. The Labute approximate surface area is 349 Å². The highest BCUT2D eigenvalue weighted by Gasteiger charge is 2.46. The van der Waals surface area contributed by atoms with Crippen LogP contribution in [-0.4, -0.2) is 55.7 Å². The van der Waals surface area contributed by atoms with Gasteiger partial charge in [-0.2, -0.15) is 0 Å². The van der Waals surface area contributed by atoms with Crippen LogP contribution in [0.5, 0.6) is 0 Å². The fourth-order valence-corrected chi connectivity index (χ4v) is 9.78. The van der Waals surface area contributed by atoms with Gasteiger partial charge >= 0.3 is 17.9 Å². The summed E-state index contributed by atoms with van der Waals surface area (Å²) in [7, 11) is 0. The van der Waals surface area contributed by atoms with E-state index in [9.17, 15) is 14.4 Å². The van der Waals surface area contributed by atoms with E-state index in [0.29, 0.717) is 86.9 Å². The minimum atomic E-state index is -0.940. The lowest BCUT2D eigenvalue weighted by Gasteiger charge is -2.36. The van der Waals surface area contributed by atoms with E-state index in [0.717, 1.165) is 89.9 Å². The molecule has 3 aliphatic heterocycles. The Morgan fingerprint density at radius 1 is 0.842 bits per heavy atom. The number of fused-ring (bicyclic) bond motifs is 6. The topological polar surface area (TPSA) is 101 Å². The first-order valence-electron chi connectivity index (χ1n) is 23.9. The normalized spacial score (nSPS) is 31.3. The SMILES string of the molecule is CCCCC1CCCC(=O)OCC2(C)CCOC3(CCCC(C(C)CC=CCCCC(=O)OCC(CC)CCC)CC(CC)C(CC)CC1CCCC(=O)O2)CO3. The first-order valence-corrected chi connectivity index (χ1v) is 23.9. The molecule has 1 spiro atoms. The van der Waals surface area contributed by atoms with E-state index in [1.54, 1.807) is 0 Å². The highest BCUT2D eigenvalue weighted by molar-refractivity contribution is 5.71. The molecule has 0 aromatic heterocycles. The van der Waals surface area contributed by atoms with Crippen LogP contribution in [0.1, 0.15) is 203 Å². The van der Waals surface area contributed by atoms with Crippen molar-refractivity contribution in [3.05, 3.63) is 12.2 Å². The van der Waals surface area contributed by atoms with Crippen molar-refractivity contribution in [2.45, 2.75) is 214 Å². The third-order valence-electron chi connectivity index (χ3n) is 13.9. The highest BCUT2D eigenvalue weighted by Crippen LogP contribution is 2.42. The second kappa shape index (κ2) is 27.0. The highest BCUT2D eigenvalue weighted by atomic mass is 16.8. The van der Waals surface area contributed by atoms with E-state index in [1.165, 1.54) is 38.5 Å². The molecule has 330 valence electrons. The van der Waals surface area contributed by atoms with Gasteiger partial charge in [0.1, 0.15) is 18.8 Å². The van der Waals surface area contributed by atoms with Crippen LogP contribution in [0.4, 0.5) is 0 Å². The predicted octanol–water partition coefficient (Wildman–Crippen LogP) is 12.5. The molecule has 3 rings (SSSR count). The summed E-state index contributed by atoms with van der Waals surface area (Å²) in [5, 5.41) is 0. The van der Waals surface area contributed by atoms with Gasteiger partial charge in [-0.25, -0.2) is 0 Å². The number of hydrogen-bond acceptors (Lipinski definition) is 8. The van der Waals surface area contributed by atoms with Gasteiger partial charge < -0.3 is 23.7 Å². The van der Waals surface area contributed by atoms with Crippen molar-refractivity contribution >= 4 is 17.9 Å². The fraction of sp³-hybridized carbons (Fsp3) is 0.898. The smallest absolute Gasteiger partial charge is 0.306 e. The Morgan fingerprint density at radius 2 is 1.58 bits per heavy atom. The van der Waals surface area contributed by atoms with Crippen LogP contribution >= 0.6 is 0 Å². The largest absolute Gasteiger partial charge is 0.465 e. The van der Waals surface area contributed by atoms with Crippen LogP contribution in [0.25, 0.3) is 0 Å². The van der Waals surface area contributed by atoms with E-state index >= 15 is 0 Å². The van der Waals surface area contributed by atoms with Gasteiger partial charge in [0, 0.05) is 32.1 Å². The minimum absolute atomic E-state index is 0.0480. The fourth-order valence-electron chi connectivity index (χ4n) is 9.78. The number of hydrogen-bond donors (Lipinski definition) is 0. The lowest BCUT2D eigenvalue weighted by Crippen LogP contribution is -2.39. The van der Waals surface area contributed by atoms with Crippen molar-refractivity contribution in [3.63, 3.8) is 0 Å². The molecule has 3 aliphatic rings. The van der Waals surface area contributed by atoms with Gasteiger partial charge in [-0.3, -0.25) is 14.4 Å². The maximum Gasteiger partial charge on any atom is 0.306 e. The van der Waals surface area contributed by atoms with Gasteiger partial charge in [-0.15, -0.1) is 0 Å². The van der Waals surface area contributed by atoms with Crippen molar-refractivity contribution in [1.29, 1.82) is 0 Å². The molecule has 0 aromatic rings. The number of ether oxygens (including phenoxy) is 5. The van der Waals surface area contributed by atoms with Crippen molar-refractivity contribution < 1.29 is 38.1 Å². The molecule has 9 unspecified atom stereocenters. The molecule has 0 amide bonds. The van der Waals surface area contributed by atoms with Crippen molar-refractivity contribution in [1.82, 2.24) is 0 Å². The van der Waals surface area contributed by atoms with Crippen LogP contribution in [0.2, 0.25) is 0 Å². The van der Waals surface area contributed by atoms with Gasteiger partial charge in [-0.1, -0.05) is 98.6 Å². The molecule has 9 atom stereocenters. The quantitative estimate of drug-likeness (QED) is 0.0471. The Kier molecular flexibility index (Phi) is 23.4. The molecule has 8 nitrogen and oxygen atoms in total. The summed E-state index contributed by atoms with van der Waals surface area (Å²) >= 11 is 0. The molecule has 0 saturated carbocycles. The van der Waals surface area contributed by atoms with E-state index in [2.05, 4.69) is 53.7 Å². The van der Waals surface area contributed by atoms with E-state index in [1.807, 2.05) is 6.92 Å². The van der Waals surface area contributed by atoms with Crippen LogP contribution in [0.3, 0.4) is 0 Å². The average molecular weight is 803 g/mol. The second-order valence-electron chi connectivity index (χ2n) is 18.6. The van der Waals surface area contributed by atoms with Gasteiger partial charge in [0.2, 0.25) is 0 Å². The van der Waals surface area contributed by atoms with Crippen molar-refractivity contribution in [2.24, 2.45) is 41.4 Å². The first kappa shape index (κ1) is 49.4. The molecular formula is C49H86O8. The number of rotatable bonds is 17. The van der Waals surface area contributed by atoms with Gasteiger partial charge in [0.15, 0.2) is 5.79 Å². The van der Waals surface area contributed by atoms with Crippen LogP contribution in [0, 0.1) is 41.4 Å². The molecule has 0 N–H and O–H groups in total. The summed E-state index contributed by atoms with van der Waals surface area (Å²) in [4.78, 5) is 38.7. The summed E-state index contributed by atoms with van der Waals surface area (Å²) in [6.45, 7) is 17.3. The monoisotopic (exact) mass is 803 g/mol. The van der Waals surface area contributed by atoms with E-state index in [-0.39, 0.29) is 24.5 Å². The van der Waals surface area contributed by atoms with Crippen LogP contribution in [0.15, 0.2) is 12.2 Å². The number of carbonyl (C=O) groups is 3. The molecule has 3 saturated heterocycles. The number of epoxide rings is 1. The maximum atomic E-state index is 13.3. The number of allylic oxidation sites excluding steroid dienone is 2. The third-order valence-corrected chi connectivity index (χ3v) is 13.9. The van der Waals surface area contributed by atoms with E-state index in [4.69, 9.17) is 23.7 Å². The third kappa shape index (κ3) is 18.9. The van der Waals surface area contributed by atoms with Gasteiger partial charge in [-0.05, 0) is 125 Å². The summed E-state index contributed by atoms with van der Waals surface area (Å²) in [5.74, 6) is 2.90. The molecule has 57 heavy (non-hydrogen) atoms. The number of unbranched alkanes of at least 4 members (excludes halogenated alkanes) is 2. The Morgan fingerprint density at radius 3 is 2.28 bits per heavy atom. The molecule has 0 radical (unpaired) electrons.